The van der Waals surface area contributed by atoms with Gasteiger partial charge >= 0.3 is 5.97 Å². The third kappa shape index (κ3) is 4.37. The van der Waals surface area contributed by atoms with Crippen molar-refractivity contribution in [2.24, 2.45) is 11.1 Å². The lowest BCUT2D eigenvalue weighted by Crippen LogP contribution is -2.29. The number of carbonyl (C=O) groups excluding carboxylic acids is 2. The number of hydrogen-bond donors (Lipinski definition) is 1. The fourth-order valence-electron chi connectivity index (χ4n) is 1.40. The lowest BCUT2D eigenvalue weighted by Gasteiger charge is -2.07. The Morgan fingerprint density at radius 2 is 1.90 bits per heavy atom. The molecule has 21 heavy (non-hydrogen) atoms. The number of non-ortho nitro benzene ring substituents is 1. The molecule has 1 N–H and O–H groups in total. The number of benzene rings is 1. The topological polar surface area (TPSA) is 119 Å². The standard InChI is InChI=1S/C13H14N2O6/c1-8(2)12(16)11(14-18)13(17)21-7-9-3-5-10(6-4-9)15(19)20/h3-6,8,18H,7H2,1-2H3. The molecule has 0 atom stereocenters. The van der Waals surface area contributed by atoms with Crippen LogP contribution in [-0.2, 0) is 20.9 Å². The predicted molar refractivity (Wildman–Crippen MR) is 72.0 cm³/mol. The minimum atomic E-state index is -1.05. The average Bonchev–Trinajstić information content (AvgIpc) is 2.46. The first-order chi connectivity index (χ1) is 9.86. The fraction of sp³-hybridized carbons (Fsp3) is 0.308. The van der Waals surface area contributed by atoms with Crippen LogP contribution >= 0.6 is 0 Å². The molecule has 1 aromatic rings. The van der Waals surface area contributed by atoms with Gasteiger partial charge in [0.25, 0.3) is 5.69 Å². The van der Waals surface area contributed by atoms with Crippen molar-refractivity contribution in [2.45, 2.75) is 20.5 Å². The van der Waals surface area contributed by atoms with Gasteiger partial charge in [-0.1, -0.05) is 19.0 Å². The summed E-state index contributed by atoms with van der Waals surface area (Å²) in [5, 5.41) is 21.8. The number of ether oxygens (including phenoxy) is 1. The molecule has 0 spiro atoms. The lowest BCUT2D eigenvalue weighted by molar-refractivity contribution is -0.384. The van der Waals surface area contributed by atoms with Crippen LogP contribution in [0.25, 0.3) is 0 Å². The fourth-order valence-corrected chi connectivity index (χ4v) is 1.40. The second kappa shape index (κ2) is 7.13. The Kier molecular flexibility index (Phi) is 5.53. The van der Waals surface area contributed by atoms with E-state index < -0.39 is 28.3 Å². The van der Waals surface area contributed by atoms with Crippen LogP contribution in [-0.4, -0.2) is 27.6 Å². The summed E-state index contributed by atoms with van der Waals surface area (Å²) >= 11 is 0. The number of rotatable bonds is 6. The molecule has 0 aliphatic rings. The number of nitrogens with zero attached hydrogens (tertiary/aromatic N) is 2. The van der Waals surface area contributed by atoms with E-state index in [4.69, 9.17) is 9.94 Å². The van der Waals surface area contributed by atoms with E-state index in [-0.39, 0.29) is 12.3 Å². The number of oxime groups is 1. The van der Waals surface area contributed by atoms with Crippen LogP contribution in [0.5, 0.6) is 0 Å². The first-order valence-electron chi connectivity index (χ1n) is 6.03. The summed E-state index contributed by atoms with van der Waals surface area (Å²) in [5.41, 5.74) is -0.257. The molecule has 0 bridgehead atoms. The Labute approximate surface area is 120 Å². The Bertz CT molecular complexity index is 577. The smallest absolute Gasteiger partial charge is 0.364 e. The third-order valence-corrected chi connectivity index (χ3v) is 2.57. The van der Waals surface area contributed by atoms with Gasteiger partial charge in [0, 0.05) is 18.1 Å². The van der Waals surface area contributed by atoms with E-state index in [0.29, 0.717) is 5.56 Å². The first kappa shape index (κ1) is 16.3. The molecule has 1 rings (SSSR count). The molecule has 0 aliphatic heterocycles. The van der Waals surface area contributed by atoms with E-state index in [1.165, 1.54) is 24.3 Å². The molecular formula is C13H14N2O6. The van der Waals surface area contributed by atoms with E-state index in [1.807, 2.05) is 0 Å². The van der Waals surface area contributed by atoms with Gasteiger partial charge in [0.2, 0.25) is 5.71 Å². The van der Waals surface area contributed by atoms with Crippen molar-refractivity contribution in [3.8, 4) is 0 Å². The van der Waals surface area contributed by atoms with Gasteiger partial charge in [-0.05, 0) is 17.7 Å². The molecule has 0 aromatic heterocycles. The van der Waals surface area contributed by atoms with Crippen LogP contribution in [0.3, 0.4) is 0 Å². The Balaban J connectivity index is 2.68. The molecule has 0 amide bonds. The Morgan fingerprint density at radius 3 is 2.33 bits per heavy atom. The van der Waals surface area contributed by atoms with Gasteiger partial charge in [0.15, 0.2) is 5.78 Å². The normalized spacial score (nSPS) is 11.3. The molecule has 1 aromatic carbocycles. The molecule has 0 heterocycles. The van der Waals surface area contributed by atoms with E-state index in [2.05, 4.69) is 5.16 Å². The molecule has 0 radical (unpaired) electrons. The molecule has 8 nitrogen and oxygen atoms in total. The number of Topliss-reactive ketones (excluding diaryl/α,β-unsaturated/α-hetero) is 1. The van der Waals surface area contributed by atoms with Gasteiger partial charge in [-0.3, -0.25) is 14.9 Å². The number of hydrogen-bond acceptors (Lipinski definition) is 7. The monoisotopic (exact) mass is 294 g/mol. The van der Waals surface area contributed by atoms with Crippen LogP contribution in [0.4, 0.5) is 5.69 Å². The second-order valence-corrected chi connectivity index (χ2v) is 4.47. The van der Waals surface area contributed by atoms with Crippen molar-refractivity contribution >= 4 is 23.2 Å². The molecule has 0 saturated heterocycles. The zero-order chi connectivity index (χ0) is 16.0. The predicted octanol–water partition coefficient (Wildman–Crippen LogP) is 1.69. The zero-order valence-corrected chi connectivity index (χ0v) is 11.5. The minimum absolute atomic E-state index is 0.0855. The highest BCUT2D eigenvalue weighted by Crippen LogP contribution is 2.12. The van der Waals surface area contributed by atoms with Gasteiger partial charge in [-0.25, -0.2) is 4.79 Å². The Hall–Kier alpha value is -2.77. The van der Waals surface area contributed by atoms with Crippen molar-refractivity contribution < 1.29 is 24.5 Å². The molecule has 8 heteroatoms. The van der Waals surface area contributed by atoms with Crippen LogP contribution in [0, 0.1) is 16.0 Å². The zero-order valence-electron chi connectivity index (χ0n) is 11.5. The first-order valence-corrected chi connectivity index (χ1v) is 6.03. The number of nitro benzene ring substituents is 1. The SMILES string of the molecule is CC(C)C(=O)C(=NO)C(=O)OCc1ccc([N+](=O)[O-])cc1. The van der Waals surface area contributed by atoms with E-state index in [0.717, 1.165) is 0 Å². The lowest BCUT2D eigenvalue weighted by atomic mass is 10.1. The van der Waals surface area contributed by atoms with Crippen LogP contribution < -0.4 is 0 Å². The summed E-state index contributed by atoms with van der Waals surface area (Å²) in [4.78, 5) is 33.1. The van der Waals surface area contributed by atoms with Gasteiger partial charge in [-0.2, -0.15) is 0 Å². The summed E-state index contributed by atoms with van der Waals surface area (Å²) in [6, 6.07) is 5.38. The van der Waals surface area contributed by atoms with E-state index in [1.54, 1.807) is 13.8 Å². The highest BCUT2D eigenvalue weighted by atomic mass is 16.6. The maximum atomic E-state index is 11.6. The summed E-state index contributed by atoms with van der Waals surface area (Å²) in [5.74, 6) is -2.19. The minimum Gasteiger partial charge on any atom is -0.456 e. The number of ketones is 1. The van der Waals surface area contributed by atoms with Crippen molar-refractivity contribution in [2.75, 3.05) is 0 Å². The molecule has 0 fully saturated rings. The number of carbonyl (C=O) groups is 2. The molecule has 0 saturated carbocycles. The van der Waals surface area contributed by atoms with E-state index >= 15 is 0 Å². The highest BCUT2D eigenvalue weighted by Gasteiger charge is 2.25. The number of nitro groups is 1. The highest BCUT2D eigenvalue weighted by molar-refractivity contribution is 6.64. The quantitative estimate of drug-likeness (QED) is 0.213. The maximum absolute atomic E-state index is 11.6. The van der Waals surface area contributed by atoms with Gasteiger partial charge in [0.1, 0.15) is 6.61 Å². The van der Waals surface area contributed by atoms with Crippen molar-refractivity contribution in [1.29, 1.82) is 0 Å². The average molecular weight is 294 g/mol. The van der Waals surface area contributed by atoms with Gasteiger partial charge in [-0.15, -0.1) is 0 Å². The summed E-state index contributed by atoms with van der Waals surface area (Å²) in [6.07, 6.45) is 0. The third-order valence-electron chi connectivity index (χ3n) is 2.57. The van der Waals surface area contributed by atoms with Crippen molar-refractivity contribution in [3.05, 3.63) is 39.9 Å². The maximum Gasteiger partial charge on any atom is 0.364 e. The molecule has 112 valence electrons. The van der Waals surface area contributed by atoms with E-state index in [9.17, 15) is 19.7 Å². The molecule has 0 aliphatic carbocycles. The second-order valence-electron chi connectivity index (χ2n) is 4.47. The molecule has 0 unspecified atom stereocenters. The Morgan fingerprint density at radius 1 is 1.33 bits per heavy atom. The number of esters is 1. The van der Waals surface area contributed by atoms with Crippen molar-refractivity contribution in [1.82, 2.24) is 0 Å². The van der Waals surface area contributed by atoms with Gasteiger partial charge < -0.3 is 9.94 Å². The van der Waals surface area contributed by atoms with Gasteiger partial charge in [0.05, 0.1) is 4.92 Å². The van der Waals surface area contributed by atoms with Crippen LogP contribution in [0.15, 0.2) is 29.4 Å². The summed E-state index contributed by atoms with van der Waals surface area (Å²) in [7, 11) is 0. The van der Waals surface area contributed by atoms with Crippen LogP contribution in [0.2, 0.25) is 0 Å². The van der Waals surface area contributed by atoms with Crippen molar-refractivity contribution in [3.63, 3.8) is 0 Å². The molecular weight excluding hydrogens is 280 g/mol. The summed E-state index contributed by atoms with van der Waals surface area (Å²) < 4.78 is 4.83. The largest absolute Gasteiger partial charge is 0.456 e. The summed E-state index contributed by atoms with van der Waals surface area (Å²) in [6.45, 7) is 2.91. The van der Waals surface area contributed by atoms with Crippen LogP contribution in [0.1, 0.15) is 19.4 Å².